The average molecular weight is 270 g/mol. The molecule has 1 aromatic heterocycles. The van der Waals surface area contributed by atoms with Gasteiger partial charge in [-0.3, -0.25) is 9.69 Å². The summed E-state index contributed by atoms with van der Waals surface area (Å²) in [6.07, 6.45) is 4.97. The third kappa shape index (κ3) is 1.74. The number of para-hydroxylation sites is 2. The summed E-state index contributed by atoms with van der Waals surface area (Å²) in [6.45, 7) is 0. The highest BCUT2D eigenvalue weighted by atomic mass is 16.4. The van der Waals surface area contributed by atoms with Crippen LogP contribution in [0.25, 0.3) is 11.1 Å². The molecule has 4 heteroatoms. The summed E-state index contributed by atoms with van der Waals surface area (Å²) >= 11 is 0. The third-order valence-corrected chi connectivity index (χ3v) is 4.84. The summed E-state index contributed by atoms with van der Waals surface area (Å²) in [4.78, 5) is 18.6. The van der Waals surface area contributed by atoms with E-state index in [9.17, 15) is 4.79 Å². The van der Waals surface area contributed by atoms with Crippen molar-refractivity contribution < 1.29 is 9.21 Å². The van der Waals surface area contributed by atoms with Crippen LogP contribution in [0, 0.1) is 17.8 Å². The van der Waals surface area contributed by atoms with Crippen LogP contribution in [0.3, 0.4) is 0 Å². The van der Waals surface area contributed by atoms with Crippen molar-refractivity contribution in [3.05, 3.63) is 24.3 Å². The predicted octanol–water partition coefficient (Wildman–Crippen LogP) is 3.23. The Morgan fingerprint density at radius 1 is 1.25 bits per heavy atom. The molecule has 0 aliphatic heterocycles. The summed E-state index contributed by atoms with van der Waals surface area (Å²) in [6, 6.07) is 8.03. The Labute approximate surface area is 117 Å². The van der Waals surface area contributed by atoms with Crippen molar-refractivity contribution in [2.24, 2.45) is 17.8 Å². The molecule has 2 aromatic rings. The first-order valence-electron chi connectivity index (χ1n) is 7.39. The highest BCUT2D eigenvalue weighted by molar-refractivity contribution is 5.95. The van der Waals surface area contributed by atoms with Crippen LogP contribution in [0.15, 0.2) is 28.7 Å². The number of rotatable bonds is 2. The Hall–Kier alpha value is -1.84. The molecule has 104 valence electrons. The van der Waals surface area contributed by atoms with Crippen LogP contribution in [-0.2, 0) is 4.79 Å². The molecule has 0 unspecified atom stereocenters. The number of benzene rings is 1. The highest BCUT2D eigenvalue weighted by Crippen LogP contribution is 2.56. The summed E-state index contributed by atoms with van der Waals surface area (Å²) in [5.41, 5.74) is 1.53. The van der Waals surface area contributed by atoms with E-state index in [0.717, 1.165) is 11.1 Å². The first kappa shape index (κ1) is 11.9. The topological polar surface area (TPSA) is 46.3 Å². The van der Waals surface area contributed by atoms with Crippen molar-refractivity contribution >= 4 is 23.0 Å². The molecule has 0 N–H and O–H groups in total. The number of carbonyl (C=O) groups excluding carboxylic acids is 1. The van der Waals surface area contributed by atoms with Gasteiger partial charge in [0.2, 0.25) is 5.91 Å². The number of hydrogen-bond donors (Lipinski definition) is 0. The molecule has 2 aliphatic rings. The summed E-state index contributed by atoms with van der Waals surface area (Å²) in [5, 5.41) is 0. The van der Waals surface area contributed by atoms with E-state index in [-0.39, 0.29) is 11.8 Å². The molecule has 4 rings (SSSR count). The fraction of sp³-hybridized carbons (Fsp3) is 0.500. The molecular formula is C16H18N2O2. The van der Waals surface area contributed by atoms with Crippen molar-refractivity contribution in [3.63, 3.8) is 0 Å². The monoisotopic (exact) mass is 270 g/mol. The number of aromatic nitrogens is 1. The molecule has 2 aliphatic carbocycles. The van der Waals surface area contributed by atoms with Gasteiger partial charge in [0.15, 0.2) is 5.58 Å². The van der Waals surface area contributed by atoms with Crippen molar-refractivity contribution in [3.8, 4) is 0 Å². The van der Waals surface area contributed by atoms with Gasteiger partial charge in [0.25, 0.3) is 0 Å². The van der Waals surface area contributed by atoms with Gasteiger partial charge in [0.1, 0.15) is 5.52 Å². The second-order valence-electron chi connectivity index (χ2n) is 6.00. The number of nitrogens with zero attached hydrogens (tertiary/aromatic N) is 2. The van der Waals surface area contributed by atoms with Gasteiger partial charge in [-0.2, -0.15) is 4.98 Å². The number of fused-ring (bicyclic) bond motifs is 2. The average Bonchev–Trinajstić information content (AvgIpc) is 3.05. The molecule has 20 heavy (non-hydrogen) atoms. The van der Waals surface area contributed by atoms with Gasteiger partial charge < -0.3 is 4.42 Å². The van der Waals surface area contributed by atoms with Crippen LogP contribution >= 0.6 is 0 Å². The van der Waals surface area contributed by atoms with Crippen molar-refractivity contribution in [1.29, 1.82) is 0 Å². The Kier molecular flexibility index (Phi) is 2.59. The molecule has 2 atom stereocenters. The van der Waals surface area contributed by atoms with Crippen LogP contribution in [0.2, 0.25) is 0 Å². The minimum Gasteiger partial charge on any atom is -0.423 e. The van der Waals surface area contributed by atoms with Crippen molar-refractivity contribution in [1.82, 2.24) is 4.98 Å². The van der Waals surface area contributed by atoms with Gasteiger partial charge in [-0.05, 0) is 36.8 Å². The molecule has 4 nitrogen and oxygen atoms in total. The zero-order valence-electron chi connectivity index (χ0n) is 11.6. The summed E-state index contributed by atoms with van der Waals surface area (Å²) in [5.74, 6) is 1.61. The number of carbonyl (C=O) groups is 1. The maximum absolute atomic E-state index is 12.6. The van der Waals surface area contributed by atoms with E-state index in [4.69, 9.17) is 4.42 Å². The molecule has 1 aromatic carbocycles. The lowest BCUT2D eigenvalue weighted by Gasteiger charge is -2.12. The van der Waals surface area contributed by atoms with Crippen LogP contribution in [0.5, 0.6) is 0 Å². The molecule has 0 radical (unpaired) electrons. The minimum atomic E-state index is 0.174. The largest absolute Gasteiger partial charge is 0.423 e. The maximum atomic E-state index is 12.6. The van der Waals surface area contributed by atoms with E-state index in [2.05, 4.69) is 4.98 Å². The van der Waals surface area contributed by atoms with Crippen LogP contribution in [0.4, 0.5) is 6.01 Å². The highest BCUT2D eigenvalue weighted by Gasteiger charge is 2.55. The van der Waals surface area contributed by atoms with E-state index in [1.807, 2.05) is 24.3 Å². The second kappa shape index (κ2) is 4.33. The molecular weight excluding hydrogens is 252 g/mol. The molecule has 2 fully saturated rings. The lowest BCUT2D eigenvalue weighted by atomic mass is 10.0. The van der Waals surface area contributed by atoms with Crippen molar-refractivity contribution in [2.45, 2.75) is 25.7 Å². The van der Waals surface area contributed by atoms with Gasteiger partial charge in [0, 0.05) is 13.0 Å². The normalized spacial score (nSPS) is 28.1. The Balaban J connectivity index is 1.57. The Morgan fingerprint density at radius 3 is 2.65 bits per heavy atom. The molecule has 0 spiro atoms. The molecule has 2 saturated carbocycles. The zero-order valence-corrected chi connectivity index (χ0v) is 11.6. The van der Waals surface area contributed by atoms with Gasteiger partial charge in [-0.1, -0.05) is 25.0 Å². The van der Waals surface area contributed by atoms with E-state index in [1.54, 1.807) is 11.9 Å². The Morgan fingerprint density at radius 2 is 1.95 bits per heavy atom. The summed E-state index contributed by atoms with van der Waals surface area (Å²) < 4.78 is 5.68. The van der Waals surface area contributed by atoms with E-state index < -0.39 is 0 Å². The van der Waals surface area contributed by atoms with Crippen molar-refractivity contribution in [2.75, 3.05) is 11.9 Å². The SMILES string of the molecule is CN(C(=O)C1[C@H]2CCCC[C@H]12)c1nc2ccccc2o1. The van der Waals surface area contributed by atoms with Crippen LogP contribution < -0.4 is 4.90 Å². The first-order chi connectivity index (χ1) is 9.75. The van der Waals surface area contributed by atoms with E-state index >= 15 is 0 Å². The lowest BCUT2D eigenvalue weighted by molar-refractivity contribution is -0.120. The molecule has 1 amide bonds. The fourth-order valence-electron chi connectivity index (χ4n) is 3.68. The van der Waals surface area contributed by atoms with E-state index in [1.165, 1.54) is 25.7 Å². The second-order valence-corrected chi connectivity index (χ2v) is 6.00. The number of hydrogen-bond acceptors (Lipinski definition) is 3. The predicted molar refractivity (Wildman–Crippen MR) is 76.4 cm³/mol. The smallest absolute Gasteiger partial charge is 0.304 e. The molecule has 0 bridgehead atoms. The standard InChI is InChI=1S/C16H18N2O2/c1-18(15(19)14-10-6-2-3-7-11(10)14)16-17-12-8-4-5-9-13(12)20-16/h4-5,8-11,14H,2-3,6-7H2,1H3/t10-,11-/m0/s1. The Bertz CT molecular complexity index is 618. The number of amides is 1. The van der Waals surface area contributed by atoms with Gasteiger partial charge in [-0.25, -0.2) is 0 Å². The quantitative estimate of drug-likeness (QED) is 0.841. The fourth-order valence-corrected chi connectivity index (χ4v) is 3.68. The number of oxazole rings is 1. The first-order valence-corrected chi connectivity index (χ1v) is 7.39. The molecule has 0 saturated heterocycles. The van der Waals surface area contributed by atoms with Crippen LogP contribution in [0.1, 0.15) is 25.7 Å². The third-order valence-electron chi connectivity index (χ3n) is 4.84. The molecule has 1 heterocycles. The maximum Gasteiger partial charge on any atom is 0.304 e. The summed E-state index contributed by atoms with van der Waals surface area (Å²) in [7, 11) is 1.78. The van der Waals surface area contributed by atoms with E-state index in [0.29, 0.717) is 17.9 Å². The minimum absolute atomic E-state index is 0.174. The van der Waals surface area contributed by atoms with Crippen LogP contribution in [-0.4, -0.2) is 17.9 Å². The lowest BCUT2D eigenvalue weighted by Crippen LogP contribution is -2.29. The van der Waals surface area contributed by atoms with Gasteiger partial charge in [-0.15, -0.1) is 0 Å². The van der Waals surface area contributed by atoms with Gasteiger partial charge in [0.05, 0.1) is 0 Å². The number of anilines is 1. The zero-order chi connectivity index (χ0) is 13.7. The van der Waals surface area contributed by atoms with Gasteiger partial charge >= 0.3 is 6.01 Å².